The lowest BCUT2D eigenvalue weighted by Gasteiger charge is -2.14. The lowest BCUT2D eigenvalue weighted by Crippen LogP contribution is -2.36. The van der Waals surface area contributed by atoms with Crippen LogP contribution in [0.2, 0.25) is 0 Å². The van der Waals surface area contributed by atoms with Gasteiger partial charge in [-0.2, -0.15) is 0 Å². The van der Waals surface area contributed by atoms with Crippen molar-refractivity contribution in [3.63, 3.8) is 0 Å². The van der Waals surface area contributed by atoms with E-state index in [-0.39, 0.29) is 12.0 Å². The van der Waals surface area contributed by atoms with Crippen LogP contribution in [-0.4, -0.2) is 44.8 Å². The molecule has 2 unspecified atom stereocenters. The summed E-state index contributed by atoms with van der Waals surface area (Å²) in [6, 6.07) is -0.973. The molecule has 0 aromatic carbocycles. The van der Waals surface area contributed by atoms with Crippen molar-refractivity contribution < 1.29 is 19.1 Å². The summed E-state index contributed by atoms with van der Waals surface area (Å²) in [7, 11) is 3.03. The highest BCUT2D eigenvalue weighted by molar-refractivity contribution is 5.76. The third-order valence-corrected chi connectivity index (χ3v) is 2.43. The summed E-state index contributed by atoms with van der Waals surface area (Å²) in [5.74, 6) is -0.705. The van der Waals surface area contributed by atoms with Crippen LogP contribution in [0.15, 0.2) is 0 Å². The zero-order valence-corrected chi connectivity index (χ0v) is 10.7. The Labute approximate surface area is 102 Å². The molecule has 0 rings (SSSR count). The zero-order valence-electron chi connectivity index (χ0n) is 10.7. The Hall–Kier alpha value is -1.14. The summed E-state index contributed by atoms with van der Waals surface area (Å²) in [5.41, 5.74) is 5.63. The smallest absolute Gasteiger partial charge is 0.322 e. The quantitative estimate of drug-likeness (QED) is 0.577. The number of likely N-dealkylation sites (N-methyl/N-ethyl adjacent to an activating group) is 1. The topological polar surface area (TPSA) is 90.6 Å². The molecule has 0 spiro atoms. The highest BCUT2D eigenvalue weighted by Gasteiger charge is 2.19. The van der Waals surface area contributed by atoms with Gasteiger partial charge in [-0.05, 0) is 33.2 Å². The number of nitrogens with one attached hydrogen (secondary N) is 1. The van der Waals surface area contributed by atoms with E-state index in [9.17, 15) is 9.59 Å². The number of nitrogens with two attached hydrogens (primary N) is 1. The van der Waals surface area contributed by atoms with Crippen LogP contribution in [0.3, 0.4) is 0 Å². The summed E-state index contributed by atoms with van der Waals surface area (Å²) in [6.07, 6.45) is 1.73. The normalized spacial score (nSPS) is 13.9. The number of hydrogen-bond donors (Lipinski definition) is 2. The minimum Gasteiger partial charge on any atom is -0.468 e. The van der Waals surface area contributed by atoms with Crippen molar-refractivity contribution in [1.29, 1.82) is 0 Å². The number of esters is 2. The average molecular weight is 246 g/mol. The number of methoxy groups -OCH3 is 1. The maximum absolute atomic E-state index is 11.2. The molecule has 100 valence electrons. The SMILES string of the molecule is CCOC(=O)C(N)CCCC(NC)C(=O)OC. The molecule has 0 amide bonds. The Kier molecular flexibility index (Phi) is 8.35. The van der Waals surface area contributed by atoms with E-state index in [0.717, 1.165) is 0 Å². The van der Waals surface area contributed by atoms with Gasteiger partial charge in [-0.3, -0.25) is 9.59 Å². The van der Waals surface area contributed by atoms with Crippen molar-refractivity contribution in [2.45, 2.75) is 38.3 Å². The van der Waals surface area contributed by atoms with Crippen molar-refractivity contribution in [1.82, 2.24) is 5.32 Å². The van der Waals surface area contributed by atoms with E-state index >= 15 is 0 Å². The molecule has 17 heavy (non-hydrogen) atoms. The highest BCUT2D eigenvalue weighted by atomic mass is 16.5. The van der Waals surface area contributed by atoms with Gasteiger partial charge in [0.15, 0.2) is 0 Å². The van der Waals surface area contributed by atoms with E-state index in [0.29, 0.717) is 25.9 Å². The van der Waals surface area contributed by atoms with Gasteiger partial charge in [0.25, 0.3) is 0 Å². The molecule has 6 heteroatoms. The van der Waals surface area contributed by atoms with Crippen LogP contribution in [0.4, 0.5) is 0 Å². The van der Waals surface area contributed by atoms with Crippen LogP contribution < -0.4 is 11.1 Å². The maximum atomic E-state index is 11.2. The van der Waals surface area contributed by atoms with Crippen molar-refractivity contribution >= 4 is 11.9 Å². The lowest BCUT2D eigenvalue weighted by molar-refractivity contribution is -0.144. The second kappa shape index (κ2) is 8.95. The van der Waals surface area contributed by atoms with Gasteiger partial charge in [0.2, 0.25) is 0 Å². The van der Waals surface area contributed by atoms with Gasteiger partial charge >= 0.3 is 11.9 Å². The first-order chi connectivity index (χ1) is 8.06. The van der Waals surface area contributed by atoms with Crippen molar-refractivity contribution in [2.24, 2.45) is 5.73 Å². The number of hydrogen-bond acceptors (Lipinski definition) is 6. The third-order valence-electron chi connectivity index (χ3n) is 2.43. The molecule has 6 nitrogen and oxygen atoms in total. The number of carbonyl (C=O) groups excluding carboxylic acids is 2. The summed E-state index contributed by atoms with van der Waals surface area (Å²) in [5, 5.41) is 2.85. The molecule has 0 heterocycles. The molecule has 0 aliphatic rings. The van der Waals surface area contributed by atoms with E-state index in [4.69, 9.17) is 10.5 Å². The fourth-order valence-electron chi connectivity index (χ4n) is 1.43. The van der Waals surface area contributed by atoms with Gasteiger partial charge < -0.3 is 20.5 Å². The molecule has 0 radical (unpaired) electrons. The minimum atomic E-state index is -0.620. The lowest BCUT2D eigenvalue weighted by atomic mass is 10.1. The van der Waals surface area contributed by atoms with Gasteiger partial charge in [-0.15, -0.1) is 0 Å². The molecule has 0 aliphatic carbocycles. The Balaban J connectivity index is 3.88. The molecular formula is C11H22N2O4. The second-order valence-electron chi connectivity index (χ2n) is 3.65. The van der Waals surface area contributed by atoms with Crippen LogP contribution >= 0.6 is 0 Å². The van der Waals surface area contributed by atoms with E-state index in [1.165, 1.54) is 7.11 Å². The van der Waals surface area contributed by atoms with Crippen LogP contribution in [-0.2, 0) is 19.1 Å². The Morgan fingerprint density at radius 2 is 1.94 bits per heavy atom. The molecule has 0 saturated carbocycles. The van der Waals surface area contributed by atoms with Crippen molar-refractivity contribution in [2.75, 3.05) is 20.8 Å². The summed E-state index contributed by atoms with van der Waals surface area (Å²) >= 11 is 0. The first-order valence-electron chi connectivity index (χ1n) is 5.74. The van der Waals surface area contributed by atoms with E-state index in [1.807, 2.05) is 0 Å². The molecular weight excluding hydrogens is 224 g/mol. The van der Waals surface area contributed by atoms with Gasteiger partial charge in [-0.1, -0.05) is 0 Å². The largest absolute Gasteiger partial charge is 0.468 e. The summed E-state index contributed by atoms with van der Waals surface area (Å²) in [4.78, 5) is 22.5. The summed E-state index contributed by atoms with van der Waals surface area (Å²) < 4.78 is 9.41. The zero-order chi connectivity index (χ0) is 13.3. The monoisotopic (exact) mass is 246 g/mol. The molecule has 2 atom stereocenters. The molecule has 0 aliphatic heterocycles. The van der Waals surface area contributed by atoms with Crippen LogP contribution in [0.5, 0.6) is 0 Å². The first kappa shape index (κ1) is 15.9. The van der Waals surface area contributed by atoms with Gasteiger partial charge in [-0.25, -0.2) is 0 Å². The van der Waals surface area contributed by atoms with E-state index < -0.39 is 12.0 Å². The molecule has 0 aromatic heterocycles. The maximum Gasteiger partial charge on any atom is 0.322 e. The number of rotatable bonds is 8. The molecule has 0 fully saturated rings. The Morgan fingerprint density at radius 1 is 1.29 bits per heavy atom. The van der Waals surface area contributed by atoms with E-state index in [2.05, 4.69) is 10.1 Å². The molecule has 0 bridgehead atoms. The van der Waals surface area contributed by atoms with Gasteiger partial charge in [0.1, 0.15) is 12.1 Å². The van der Waals surface area contributed by atoms with Gasteiger partial charge in [0.05, 0.1) is 13.7 Å². The van der Waals surface area contributed by atoms with Crippen molar-refractivity contribution in [3.8, 4) is 0 Å². The first-order valence-corrected chi connectivity index (χ1v) is 5.74. The minimum absolute atomic E-state index is 0.308. The predicted molar refractivity (Wildman–Crippen MR) is 63.3 cm³/mol. The highest BCUT2D eigenvalue weighted by Crippen LogP contribution is 2.05. The number of ether oxygens (including phenoxy) is 2. The molecule has 3 N–H and O–H groups in total. The van der Waals surface area contributed by atoms with Crippen LogP contribution in [0, 0.1) is 0 Å². The fraction of sp³-hybridized carbons (Fsp3) is 0.818. The average Bonchev–Trinajstić information content (AvgIpc) is 2.33. The van der Waals surface area contributed by atoms with Crippen molar-refractivity contribution in [3.05, 3.63) is 0 Å². The second-order valence-corrected chi connectivity index (χ2v) is 3.65. The van der Waals surface area contributed by atoms with Crippen LogP contribution in [0.1, 0.15) is 26.2 Å². The van der Waals surface area contributed by atoms with E-state index in [1.54, 1.807) is 14.0 Å². The Bertz CT molecular complexity index is 246. The Morgan fingerprint density at radius 3 is 2.41 bits per heavy atom. The fourth-order valence-corrected chi connectivity index (χ4v) is 1.43. The standard InChI is InChI=1S/C11H22N2O4/c1-4-17-10(14)8(12)6-5-7-9(13-2)11(15)16-3/h8-9,13H,4-7,12H2,1-3H3. The van der Waals surface area contributed by atoms with Gasteiger partial charge in [0, 0.05) is 0 Å². The molecule has 0 saturated heterocycles. The van der Waals surface area contributed by atoms with Crippen LogP contribution in [0.25, 0.3) is 0 Å². The number of carbonyl (C=O) groups is 2. The predicted octanol–water partition coefficient (Wildman–Crippen LogP) is -0.192. The third kappa shape index (κ3) is 6.23. The summed E-state index contributed by atoms with van der Waals surface area (Å²) in [6.45, 7) is 2.06. The molecule has 0 aromatic rings.